The molecule has 2 N–H and O–H groups in total. The van der Waals surface area contributed by atoms with Crippen LogP contribution in [0.1, 0.15) is 25.5 Å². The third kappa shape index (κ3) is 2.23. The topological polar surface area (TPSA) is 35.2 Å². The van der Waals surface area contributed by atoms with Gasteiger partial charge in [-0.05, 0) is 24.1 Å². The molecule has 0 heterocycles. The largest absolute Gasteiger partial charge is 0.497 e. The molecular weight excluding hydrogens is 181 g/mol. The first kappa shape index (κ1) is 11.0. The van der Waals surface area contributed by atoms with Crippen molar-refractivity contribution in [1.82, 2.24) is 0 Å². The third-order valence-electron chi connectivity index (χ3n) is 2.28. The molecule has 0 spiro atoms. The monoisotopic (exact) mass is 197 g/mol. The van der Waals surface area contributed by atoms with E-state index in [0.29, 0.717) is 11.3 Å². The Hall–Kier alpha value is -1.09. The summed E-state index contributed by atoms with van der Waals surface area (Å²) in [4.78, 5) is 0. The Kier molecular flexibility index (Phi) is 3.47. The summed E-state index contributed by atoms with van der Waals surface area (Å²) in [7, 11) is 1.55. The van der Waals surface area contributed by atoms with Crippen molar-refractivity contribution < 1.29 is 9.13 Å². The second-order valence-corrected chi connectivity index (χ2v) is 3.66. The number of hydrogen-bond acceptors (Lipinski definition) is 2. The highest BCUT2D eigenvalue weighted by molar-refractivity contribution is 5.31. The first-order valence-electron chi connectivity index (χ1n) is 4.65. The van der Waals surface area contributed by atoms with Crippen molar-refractivity contribution in [2.75, 3.05) is 7.11 Å². The number of benzene rings is 1. The predicted octanol–water partition coefficient (Wildman–Crippen LogP) is 2.49. The van der Waals surface area contributed by atoms with Crippen LogP contribution in [0.3, 0.4) is 0 Å². The van der Waals surface area contributed by atoms with Crippen LogP contribution in [0.5, 0.6) is 5.75 Å². The summed E-state index contributed by atoms with van der Waals surface area (Å²) in [5.74, 6) is 0.570. The fourth-order valence-corrected chi connectivity index (χ4v) is 1.26. The molecule has 0 saturated heterocycles. The molecule has 1 aromatic rings. The van der Waals surface area contributed by atoms with E-state index in [0.717, 1.165) is 0 Å². The highest BCUT2D eigenvalue weighted by Crippen LogP contribution is 2.25. The molecule has 1 aromatic carbocycles. The number of rotatable bonds is 3. The van der Waals surface area contributed by atoms with Crippen LogP contribution in [0.15, 0.2) is 18.2 Å². The molecule has 0 amide bonds. The van der Waals surface area contributed by atoms with Crippen molar-refractivity contribution in [3.63, 3.8) is 0 Å². The fourth-order valence-electron chi connectivity index (χ4n) is 1.26. The van der Waals surface area contributed by atoms with Gasteiger partial charge >= 0.3 is 0 Å². The second kappa shape index (κ2) is 4.42. The SMILES string of the molecule is COc1ccc(F)c(C(N)C(C)C)c1. The molecule has 1 rings (SSSR count). The maximum Gasteiger partial charge on any atom is 0.128 e. The molecular formula is C11H16FNO. The fraction of sp³-hybridized carbons (Fsp3) is 0.455. The van der Waals surface area contributed by atoms with Gasteiger partial charge in [-0.25, -0.2) is 4.39 Å². The molecule has 0 aliphatic rings. The Labute approximate surface area is 83.9 Å². The van der Waals surface area contributed by atoms with E-state index in [1.165, 1.54) is 6.07 Å². The lowest BCUT2D eigenvalue weighted by Gasteiger charge is -2.17. The smallest absolute Gasteiger partial charge is 0.128 e. The lowest BCUT2D eigenvalue weighted by Crippen LogP contribution is -2.18. The van der Waals surface area contributed by atoms with Gasteiger partial charge in [0.1, 0.15) is 11.6 Å². The molecule has 0 aromatic heterocycles. The summed E-state index contributed by atoms with van der Waals surface area (Å²) in [6, 6.07) is 4.34. The standard InChI is InChI=1S/C11H16FNO/c1-7(2)11(13)9-6-8(14-3)4-5-10(9)12/h4-7,11H,13H2,1-3H3. The minimum atomic E-state index is -0.287. The Bertz CT molecular complexity index is 312. The maximum atomic E-state index is 13.4. The van der Waals surface area contributed by atoms with Gasteiger partial charge in [-0.1, -0.05) is 13.8 Å². The molecule has 0 saturated carbocycles. The lowest BCUT2D eigenvalue weighted by molar-refractivity contribution is 0.409. The molecule has 0 radical (unpaired) electrons. The molecule has 0 fully saturated rings. The van der Waals surface area contributed by atoms with Crippen molar-refractivity contribution in [1.29, 1.82) is 0 Å². The number of ether oxygens (including phenoxy) is 1. The van der Waals surface area contributed by atoms with Gasteiger partial charge in [0, 0.05) is 11.6 Å². The Morgan fingerprint density at radius 3 is 2.50 bits per heavy atom. The van der Waals surface area contributed by atoms with Crippen LogP contribution in [0, 0.1) is 11.7 Å². The molecule has 0 aliphatic heterocycles. The van der Waals surface area contributed by atoms with Gasteiger partial charge in [-0.15, -0.1) is 0 Å². The van der Waals surface area contributed by atoms with Crippen molar-refractivity contribution in [3.05, 3.63) is 29.6 Å². The van der Waals surface area contributed by atoms with E-state index in [4.69, 9.17) is 10.5 Å². The van der Waals surface area contributed by atoms with Crippen molar-refractivity contribution in [3.8, 4) is 5.75 Å². The molecule has 78 valence electrons. The minimum Gasteiger partial charge on any atom is -0.497 e. The zero-order valence-electron chi connectivity index (χ0n) is 8.75. The van der Waals surface area contributed by atoms with Crippen LogP contribution >= 0.6 is 0 Å². The average Bonchev–Trinajstić information content (AvgIpc) is 2.17. The summed E-state index contributed by atoms with van der Waals surface area (Å²) in [5.41, 5.74) is 6.38. The summed E-state index contributed by atoms with van der Waals surface area (Å²) in [5, 5.41) is 0. The summed E-state index contributed by atoms with van der Waals surface area (Å²) < 4.78 is 18.4. The lowest BCUT2D eigenvalue weighted by atomic mass is 9.96. The maximum absolute atomic E-state index is 13.4. The van der Waals surface area contributed by atoms with Gasteiger partial charge in [0.25, 0.3) is 0 Å². The Balaban J connectivity index is 3.05. The zero-order chi connectivity index (χ0) is 10.7. The summed E-state index contributed by atoms with van der Waals surface area (Å²) in [6.45, 7) is 3.92. The van der Waals surface area contributed by atoms with E-state index in [9.17, 15) is 4.39 Å². The second-order valence-electron chi connectivity index (χ2n) is 3.66. The van der Waals surface area contributed by atoms with Crippen LogP contribution in [0.2, 0.25) is 0 Å². The molecule has 14 heavy (non-hydrogen) atoms. The van der Waals surface area contributed by atoms with E-state index in [2.05, 4.69) is 0 Å². The first-order valence-corrected chi connectivity index (χ1v) is 4.65. The van der Waals surface area contributed by atoms with Crippen LogP contribution < -0.4 is 10.5 Å². The van der Waals surface area contributed by atoms with Gasteiger partial charge in [-0.2, -0.15) is 0 Å². The number of hydrogen-bond donors (Lipinski definition) is 1. The quantitative estimate of drug-likeness (QED) is 0.808. The Morgan fingerprint density at radius 2 is 2.00 bits per heavy atom. The van der Waals surface area contributed by atoms with E-state index >= 15 is 0 Å². The molecule has 3 heteroatoms. The van der Waals surface area contributed by atoms with Crippen molar-refractivity contribution >= 4 is 0 Å². The summed E-state index contributed by atoms with van der Waals surface area (Å²) in [6.07, 6.45) is 0. The van der Waals surface area contributed by atoms with Crippen molar-refractivity contribution in [2.24, 2.45) is 11.7 Å². The summed E-state index contributed by atoms with van der Waals surface area (Å²) >= 11 is 0. The van der Waals surface area contributed by atoms with Crippen molar-refractivity contribution in [2.45, 2.75) is 19.9 Å². The van der Waals surface area contributed by atoms with E-state index < -0.39 is 0 Å². The van der Waals surface area contributed by atoms with E-state index in [-0.39, 0.29) is 17.8 Å². The molecule has 1 unspecified atom stereocenters. The van der Waals surface area contributed by atoms with Crippen LogP contribution in [-0.2, 0) is 0 Å². The highest BCUT2D eigenvalue weighted by atomic mass is 19.1. The van der Waals surface area contributed by atoms with Gasteiger partial charge in [-0.3, -0.25) is 0 Å². The van der Waals surface area contributed by atoms with Gasteiger partial charge < -0.3 is 10.5 Å². The Morgan fingerprint density at radius 1 is 1.36 bits per heavy atom. The highest BCUT2D eigenvalue weighted by Gasteiger charge is 2.15. The predicted molar refractivity (Wildman–Crippen MR) is 54.7 cm³/mol. The molecule has 0 aliphatic carbocycles. The molecule has 1 atom stereocenters. The van der Waals surface area contributed by atoms with Crippen LogP contribution in [-0.4, -0.2) is 7.11 Å². The zero-order valence-corrected chi connectivity index (χ0v) is 8.75. The number of methoxy groups -OCH3 is 1. The number of nitrogens with two attached hydrogens (primary N) is 1. The normalized spacial score (nSPS) is 13.0. The number of halogens is 1. The third-order valence-corrected chi connectivity index (χ3v) is 2.28. The van der Waals surface area contributed by atoms with Gasteiger partial charge in [0.2, 0.25) is 0 Å². The van der Waals surface area contributed by atoms with E-state index in [1.807, 2.05) is 13.8 Å². The first-order chi connectivity index (χ1) is 6.56. The van der Waals surface area contributed by atoms with Gasteiger partial charge in [0.05, 0.1) is 7.11 Å². The van der Waals surface area contributed by atoms with Gasteiger partial charge in [0.15, 0.2) is 0 Å². The molecule has 0 bridgehead atoms. The van der Waals surface area contributed by atoms with Crippen LogP contribution in [0.4, 0.5) is 4.39 Å². The van der Waals surface area contributed by atoms with Crippen LogP contribution in [0.25, 0.3) is 0 Å². The minimum absolute atomic E-state index is 0.205. The van der Waals surface area contributed by atoms with E-state index in [1.54, 1.807) is 19.2 Å². The average molecular weight is 197 g/mol. The molecule has 2 nitrogen and oxygen atoms in total.